The normalized spacial score (nSPS) is 10.7. The average molecular weight is 294 g/mol. The Kier molecular flexibility index (Phi) is 5.25. The number of aromatic nitrogens is 3. The minimum atomic E-state index is -0.0525. The molecule has 1 N–H and O–H groups in total. The molecule has 0 fully saturated rings. The van der Waals surface area contributed by atoms with E-state index in [2.05, 4.69) is 10.1 Å². The molecule has 0 saturated heterocycles. The lowest BCUT2D eigenvalue weighted by atomic mass is 10.2. The number of nitrogens with zero attached hydrogens (tertiary/aromatic N) is 4. The van der Waals surface area contributed by atoms with Crippen LogP contribution in [0.1, 0.15) is 18.3 Å². The van der Waals surface area contributed by atoms with Gasteiger partial charge >= 0.3 is 0 Å². The van der Waals surface area contributed by atoms with Gasteiger partial charge in [-0.1, -0.05) is 0 Å². The monoisotopic (exact) mass is 294 g/mol. The van der Waals surface area contributed by atoms with Crippen LogP contribution in [0.3, 0.4) is 0 Å². The zero-order valence-electron chi connectivity index (χ0n) is 11.4. The minimum absolute atomic E-state index is 0.0335. The number of rotatable bonds is 7. The summed E-state index contributed by atoms with van der Waals surface area (Å²) in [6.45, 7) is 3.48. The number of carbonyl (C=O) groups is 1. The number of aliphatic hydroxyl groups is 1. The molecule has 0 radical (unpaired) electrons. The zero-order valence-corrected chi connectivity index (χ0v) is 12.2. The summed E-state index contributed by atoms with van der Waals surface area (Å²) in [5.41, 5.74) is 3.45. The van der Waals surface area contributed by atoms with E-state index in [9.17, 15) is 4.79 Å². The molecule has 2 rings (SSSR count). The maximum Gasteiger partial charge on any atom is 0.229 e. The summed E-state index contributed by atoms with van der Waals surface area (Å²) in [4.78, 5) is 18.0. The number of amides is 1. The van der Waals surface area contributed by atoms with Crippen molar-refractivity contribution in [3.05, 3.63) is 34.5 Å². The molecule has 0 bridgehead atoms. The van der Waals surface area contributed by atoms with Gasteiger partial charge < -0.3 is 10.0 Å². The lowest BCUT2D eigenvalue weighted by Gasteiger charge is -2.21. The van der Waals surface area contributed by atoms with Gasteiger partial charge in [0.25, 0.3) is 0 Å². The first-order valence-electron chi connectivity index (χ1n) is 6.51. The van der Waals surface area contributed by atoms with E-state index >= 15 is 0 Å². The summed E-state index contributed by atoms with van der Waals surface area (Å²) in [6.07, 6.45) is 1.99. The third kappa shape index (κ3) is 3.64. The van der Waals surface area contributed by atoms with Crippen molar-refractivity contribution in [2.75, 3.05) is 13.2 Å². The molecule has 108 valence electrons. The predicted octanol–water partition coefficient (Wildman–Crippen LogP) is 0.923. The molecule has 0 aliphatic carbocycles. The van der Waals surface area contributed by atoms with Crippen LogP contribution < -0.4 is 0 Å². The Morgan fingerprint density at radius 1 is 1.55 bits per heavy atom. The van der Waals surface area contributed by atoms with E-state index in [1.807, 2.05) is 23.1 Å². The maximum atomic E-state index is 12.3. The Hall–Kier alpha value is -1.73. The molecule has 0 unspecified atom stereocenters. The second-order valence-corrected chi connectivity index (χ2v) is 5.05. The molecule has 7 heteroatoms. The fraction of sp³-hybridized carbons (Fsp3) is 0.462. The second kappa shape index (κ2) is 7.16. The molecule has 0 saturated carbocycles. The van der Waals surface area contributed by atoms with Gasteiger partial charge in [0.05, 0.1) is 36.5 Å². The summed E-state index contributed by atoms with van der Waals surface area (Å²) in [6, 6.07) is 1.89. The SMILES string of the molecule is CCn1nccc1CN(CCO)C(=O)Cc1cscn1. The van der Waals surface area contributed by atoms with Crippen LogP contribution in [-0.4, -0.2) is 43.8 Å². The Morgan fingerprint density at radius 3 is 3.05 bits per heavy atom. The molecule has 0 aromatic carbocycles. The van der Waals surface area contributed by atoms with Crippen molar-refractivity contribution in [2.24, 2.45) is 0 Å². The van der Waals surface area contributed by atoms with Crippen LogP contribution in [0.15, 0.2) is 23.2 Å². The maximum absolute atomic E-state index is 12.3. The molecule has 0 aliphatic heterocycles. The first-order valence-corrected chi connectivity index (χ1v) is 7.45. The van der Waals surface area contributed by atoms with Crippen molar-refractivity contribution in [3.63, 3.8) is 0 Å². The van der Waals surface area contributed by atoms with Crippen molar-refractivity contribution in [1.29, 1.82) is 0 Å². The van der Waals surface area contributed by atoms with Gasteiger partial charge in [-0.2, -0.15) is 5.10 Å². The second-order valence-electron chi connectivity index (χ2n) is 4.33. The van der Waals surface area contributed by atoms with Crippen molar-refractivity contribution in [1.82, 2.24) is 19.7 Å². The molecule has 2 heterocycles. The van der Waals surface area contributed by atoms with E-state index in [4.69, 9.17) is 5.11 Å². The summed E-state index contributed by atoms with van der Waals surface area (Å²) in [7, 11) is 0. The minimum Gasteiger partial charge on any atom is -0.395 e. The van der Waals surface area contributed by atoms with Gasteiger partial charge in [0.15, 0.2) is 0 Å². The first-order chi connectivity index (χ1) is 9.74. The van der Waals surface area contributed by atoms with Crippen LogP contribution in [-0.2, 0) is 24.3 Å². The Labute approximate surface area is 121 Å². The van der Waals surface area contributed by atoms with Gasteiger partial charge in [0.1, 0.15) is 0 Å². The lowest BCUT2D eigenvalue weighted by Crippen LogP contribution is -2.35. The van der Waals surface area contributed by atoms with Crippen LogP contribution >= 0.6 is 11.3 Å². The molecule has 0 atom stereocenters. The average Bonchev–Trinajstić information content (AvgIpc) is 3.09. The van der Waals surface area contributed by atoms with Crippen LogP contribution in [0, 0.1) is 0 Å². The van der Waals surface area contributed by atoms with Gasteiger partial charge in [0.2, 0.25) is 5.91 Å². The van der Waals surface area contributed by atoms with Crippen LogP contribution in [0.4, 0.5) is 0 Å². The zero-order chi connectivity index (χ0) is 14.4. The predicted molar refractivity (Wildman–Crippen MR) is 76.2 cm³/mol. The molecule has 2 aromatic heterocycles. The molecule has 2 aromatic rings. The van der Waals surface area contributed by atoms with Gasteiger partial charge in [-0.3, -0.25) is 9.48 Å². The largest absolute Gasteiger partial charge is 0.395 e. The topological polar surface area (TPSA) is 71.2 Å². The molecular weight excluding hydrogens is 276 g/mol. The number of aryl methyl sites for hydroxylation is 1. The lowest BCUT2D eigenvalue weighted by molar-refractivity contribution is -0.131. The standard InChI is InChI=1S/C13H18N4O2S/c1-2-17-12(3-4-15-17)8-16(5-6-18)13(19)7-11-9-20-10-14-11/h3-4,9-10,18H,2,5-8H2,1H3. The van der Waals surface area contributed by atoms with E-state index in [1.165, 1.54) is 11.3 Å². The van der Waals surface area contributed by atoms with E-state index in [0.717, 1.165) is 17.9 Å². The van der Waals surface area contributed by atoms with Gasteiger partial charge in [-0.15, -0.1) is 11.3 Å². The smallest absolute Gasteiger partial charge is 0.229 e. The molecule has 0 aliphatic rings. The molecule has 20 heavy (non-hydrogen) atoms. The van der Waals surface area contributed by atoms with Crippen molar-refractivity contribution >= 4 is 17.2 Å². The Morgan fingerprint density at radius 2 is 2.40 bits per heavy atom. The summed E-state index contributed by atoms with van der Waals surface area (Å²) in [5.74, 6) is -0.0335. The summed E-state index contributed by atoms with van der Waals surface area (Å²) in [5, 5.41) is 15.2. The highest BCUT2D eigenvalue weighted by Crippen LogP contribution is 2.08. The third-order valence-corrected chi connectivity index (χ3v) is 3.63. The summed E-state index contributed by atoms with van der Waals surface area (Å²) < 4.78 is 1.85. The fourth-order valence-electron chi connectivity index (χ4n) is 1.98. The fourth-order valence-corrected chi connectivity index (χ4v) is 2.54. The van der Waals surface area contributed by atoms with Gasteiger partial charge in [-0.25, -0.2) is 4.98 Å². The van der Waals surface area contributed by atoms with Crippen LogP contribution in [0.2, 0.25) is 0 Å². The highest BCUT2D eigenvalue weighted by molar-refractivity contribution is 7.07. The molecular formula is C13H18N4O2S. The molecule has 6 nitrogen and oxygen atoms in total. The van der Waals surface area contributed by atoms with E-state index in [1.54, 1.807) is 16.6 Å². The third-order valence-electron chi connectivity index (χ3n) is 3.00. The van der Waals surface area contributed by atoms with Gasteiger partial charge in [0, 0.05) is 24.7 Å². The van der Waals surface area contributed by atoms with Crippen LogP contribution in [0.5, 0.6) is 0 Å². The number of thiazole rings is 1. The van der Waals surface area contributed by atoms with E-state index in [-0.39, 0.29) is 18.9 Å². The van der Waals surface area contributed by atoms with Crippen LogP contribution in [0.25, 0.3) is 0 Å². The molecule has 0 spiro atoms. The highest BCUT2D eigenvalue weighted by Gasteiger charge is 2.16. The number of hydrogen-bond donors (Lipinski definition) is 1. The Balaban J connectivity index is 2.04. The quantitative estimate of drug-likeness (QED) is 0.824. The van der Waals surface area contributed by atoms with Crippen molar-refractivity contribution in [3.8, 4) is 0 Å². The number of aliphatic hydroxyl groups excluding tert-OH is 1. The van der Waals surface area contributed by atoms with Crippen molar-refractivity contribution in [2.45, 2.75) is 26.4 Å². The molecule has 1 amide bonds. The number of hydrogen-bond acceptors (Lipinski definition) is 5. The summed E-state index contributed by atoms with van der Waals surface area (Å²) >= 11 is 1.47. The van der Waals surface area contributed by atoms with Crippen molar-refractivity contribution < 1.29 is 9.90 Å². The first kappa shape index (κ1) is 14.7. The highest BCUT2D eigenvalue weighted by atomic mass is 32.1. The number of carbonyl (C=O) groups excluding carboxylic acids is 1. The van der Waals surface area contributed by atoms with E-state index in [0.29, 0.717) is 13.1 Å². The van der Waals surface area contributed by atoms with E-state index < -0.39 is 0 Å². The Bertz CT molecular complexity index is 538. The van der Waals surface area contributed by atoms with Gasteiger partial charge in [-0.05, 0) is 13.0 Å².